The largest absolute Gasteiger partial charge is 0.463 e. The summed E-state index contributed by atoms with van der Waals surface area (Å²) < 4.78 is 38.8. The van der Waals surface area contributed by atoms with Gasteiger partial charge in [0.2, 0.25) is 5.70 Å². The molecule has 27 heavy (non-hydrogen) atoms. The molecule has 1 heterocycles. The van der Waals surface area contributed by atoms with E-state index in [1.54, 1.807) is 6.92 Å². The molecular weight excluding hydrogens is 384 g/mol. The molecule has 1 fully saturated rings. The average Bonchev–Trinajstić information content (AvgIpc) is 2.98. The summed E-state index contributed by atoms with van der Waals surface area (Å²) in [4.78, 5) is 34.0. The maximum Gasteiger partial charge on any atom is 0.414 e. The highest BCUT2D eigenvalue weighted by atomic mass is 32.2. The van der Waals surface area contributed by atoms with Crippen molar-refractivity contribution >= 4 is 22.2 Å². The van der Waals surface area contributed by atoms with Gasteiger partial charge in [0.15, 0.2) is 0 Å². The maximum atomic E-state index is 12.1. The number of hydrogen-bond donors (Lipinski definition) is 0. The van der Waals surface area contributed by atoms with Crippen molar-refractivity contribution in [3.63, 3.8) is 0 Å². The van der Waals surface area contributed by atoms with E-state index in [1.165, 1.54) is 6.20 Å². The Labute approximate surface area is 155 Å². The minimum atomic E-state index is -4.10. The van der Waals surface area contributed by atoms with E-state index in [1.807, 2.05) is 0 Å². The molecule has 12 heteroatoms. The molecule has 2 aliphatic rings. The van der Waals surface area contributed by atoms with Crippen molar-refractivity contribution < 1.29 is 36.6 Å². The summed E-state index contributed by atoms with van der Waals surface area (Å²) in [7, 11) is -4.10. The van der Waals surface area contributed by atoms with Crippen LogP contribution in [-0.4, -0.2) is 56.2 Å². The van der Waals surface area contributed by atoms with E-state index in [2.05, 4.69) is 4.74 Å². The van der Waals surface area contributed by atoms with Gasteiger partial charge in [-0.05, 0) is 19.4 Å². The summed E-state index contributed by atoms with van der Waals surface area (Å²) in [5.74, 6) is -0.626. The highest BCUT2D eigenvalue weighted by Crippen LogP contribution is 2.24. The zero-order chi connectivity index (χ0) is 20.0. The number of cyclic esters (lactones) is 1. The quantitative estimate of drug-likeness (QED) is 0.191. The molecule has 11 nitrogen and oxygen atoms in total. The van der Waals surface area contributed by atoms with E-state index in [0.29, 0.717) is 0 Å². The summed E-state index contributed by atoms with van der Waals surface area (Å²) in [6.45, 7) is 1.41. The lowest BCUT2D eigenvalue weighted by Gasteiger charge is -2.13. The number of rotatable bonds is 8. The second-order valence-electron chi connectivity index (χ2n) is 5.51. The van der Waals surface area contributed by atoms with Crippen LogP contribution in [0.3, 0.4) is 0 Å². The minimum Gasteiger partial charge on any atom is -0.463 e. The number of nitro groups is 1. The van der Waals surface area contributed by atoms with Crippen LogP contribution in [-0.2, 0) is 28.6 Å². The van der Waals surface area contributed by atoms with Crippen molar-refractivity contribution in [1.29, 1.82) is 0 Å². The molecular formula is C15H18N2O9S. The molecule has 1 amide bonds. The molecule has 0 saturated carbocycles. The fourth-order valence-electron chi connectivity index (χ4n) is 2.30. The van der Waals surface area contributed by atoms with Gasteiger partial charge in [-0.3, -0.25) is 19.2 Å². The molecule has 0 spiro atoms. The molecule has 0 bridgehead atoms. The van der Waals surface area contributed by atoms with Gasteiger partial charge in [-0.2, -0.15) is 8.42 Å². The molecule has 2 rings (SSSR count). The Hall–Kier alpha value is -2.73. The summed E-state index contributed by atoms with van der Waals surface area (Å²) in [6, 6.07) is 0. The topological polar surface area (TPSA) is 142 Å². The number of esters is 1. The number of nitrogens with zero attached hydrogens (tertiary/aromatic N) is 2. The Balaban J connectivity index is 1.90. The van der Waals surface area contributed by atoms with Gasteiger partial charge >= 0.3 is 12.1 Å². The standard InChI is InChI=1S/C15H18N2O9S/c1-2-24-14(18)7-8-16-9-12(26-15(16)19)10-25-27(22,23)13-5-3-11(4-6-13)17(20)21/h3,5,7-8,12H,2,4,6,9-10H2,1H3. The summed E-state index contributed by atoms with van der Waals surface area (Å²) >= 11 is 0. The molecule has 1 unspecified atom stereocenters. The van der Waals surface area contributed by atoms with E-state index in [0.717, 1.165) is 23.1 Å². The number of carbonyl (C=O) groups excluding carboxylic acids is 2. The van der Waals surface area contributed by atoms with Crippen LogP contribution in [0.4, 0.5) is 4.79 Å². The van der Waals surface area contributed by atoms with Gasteiger partial charge in [0, 0.05) is 24.8 Å². The van der Waals surface area contributed by atoms with Gasteiger partial charge in [-0.25, -0.2) is 9.59 Å². The van der Waals surface area contributed by atoms with Crippen molar-refractivity contribution in [3.05, 3.63) is 45.1 Å². The Morgan fingerprint density at radius 2 is 2.19 bits per heavy atom. The van der Waals surface area contributed by atoms with E-state index in [-0.39, 0.29) is 36.6 Å². The zero-order valence-corrected chi connectivity index (χ0v) is 15.2. The molecule has 0 radical (unpaired) electrons. The van der Waals surface area contributed by atoms with Crippen LogP contribution < -0.4 is 0 Å². The van der Waals surface area contributed by atoms with Gasteiger partial charge in [0.05, 0.1) is 23.0 Å². The highest BCUT2D eigenvalue weighted by Gasteiger charge is 2.32. The third kappa shape index (κ3) is 5.62. The van der Waals surface area contributed by atoms with Crippen molar-refractivity contribution in [2.75, 3.05) is 19.8 Å². The first-order chi connectivity index (χ1) is 12.7. The molecule has 1 atom stereocenters. The lowest BCUT2D eigenvalue weighted by atomic mass is 10.1. The minimum absolute atomic E-state index is 0.00528. The number of ether oxygens (including phenoxy) is 2. The average molecular weight is 402 g/mol. The van der Waals surface area contributed by atoms with Crippen molar-refractivity contribution in [2.45, 2.75) is 25.9 Å². The summed E-state index contributed by atoms with van der Waals surface area (Å²) in [5, 5.41) is 10.6. The van der Waals surface area contributed by atoms with Gasteiger partial charge in [0.1, 0.15) is 12.7 Å². The first-order valence-electron chi connectivity index (χ1n) is 7.98. The third-order valence-corrected chi connectivity index (χ3v) is 5.06. The highest BCUT2D eigenvalue weighted by molar-refractivity contribution is 7.90. The van der Waals surface area contributed by atoms with Crippen LogP contribution in [0.15, 0.2) is 35.0 Å². The monoisotopic (exact) mass is 402 g/mol. The second kappa shape index (κ2) is 8.77. The summed E-state index contributed by atoms with van der Waals surface area (Å²) in [5.41, 5.74) is -0.0808. The maximum absolute atomic E-state index is 12.1. The normalized spacial score (nSPS) is 20.3. The van der Waals surface area contributed by atoms with Crippen molar-refractivity contribution in [2.24, 2.45) is 0 Å². The fourth-order valence-corrected chi connectivity index (χ4v) is 3.37. The molecule has 0 aromatic carbocycles. The predicted molar refractivity (Wildman–Crippen MR) is 90.0 cm³/mol. The number of allylic oxidation sites excluding steroid dienone is 4. The second-order valence-corrected chi connectivity index (χ2v) is 7.18. The smallest absolute Gasteiger partial charge is 0.414 e. The van der Waals surface area contributed by atoms with E-state index < -0.39 is 39.8 Å². The van der Waals surface area contributed by atoms with Crippen molar-refractivity contribution in [3.8, 4) is 0 Å². The summed E-state index contributed by atoms with van der Waals surface area (Å²) in [6.07, 6.45) is 2.81. The molecule has 0 N–H and O–H groups in total. The third-order valence-electron chi connectivity index (χ3n) is 3.63. The van der Waals surface area contributed by atoms with Crippen LogP contribution >= 0.6 is 0 Å². The van der Waals surface area contributed by atoms with Gasteiger partial charge in [-0.1, -0.05) is 0 Å². The van der Waals surface area contributed by atoms with Crippen LogP contribution in [0.2, 0.25) is 0 Å². The first-order valence-corrected chi connectivity index (χ1v) is 9.39. The molecule has 1 saturated heterocycles. The number of hydrogen-bond acceptors (Lipinski definition) is 9. The van der Waals surface area contributed by atoms with Gasteiger partial charge in [-0.15, -0.1) is 0 Å². The van der Waals surface area contributed by atoms with Crippen LogP contribution in [0.5, 0.6) is 0 Å². The number of amides is 1. The Morgan fingerprint density at radius 1 is 1.44 bits per heavy atom. The Kier molecular flexibility index (Phi) is 6.69. The lowest BCUT2D eigenvalue weighted by molar-refractivity contribution is -0.428. The molecule has 1 aliphatic carbocycles. The number of carbonyl (C=O) groups is 2. The van der Waals surface area contributed by atoms with Crippen LogP contribution in [0.25, 0.3) is 0 Å². The van der Waals surface area contributed by atoms with Gasteiger partial charge < -0.3 is 9.47 Å². The van der Waals surface area contributed by atoms with Crippen LogP contribution in [0, 0.1) is 10.1 Å². The fraction of sp³-hybridized carbons (Fsp3) is 0.467. The molecule has 0 aromatic rings. The Morgan fingerprint density at radius 3 is 2.78 bits per heavy atom. The van der Waals surface area contributed by atoms with Gasteiger partial charge in [0.25, 0.3) is 10.1 Å². The lowest BCUT2D eigenvalue weighted by Crippen LogP contribution is -2.24. The van der Waals surface area contributed by atoms with Crippen molar-refractivity contribution in [1.82, 2.24) is 4.90 Å². The molecule has 148 valence electrons. The Bertz CT molecular complexity index is 813. The first kappa shape index (κ1) is 20.6. The zero-order valence-electron chi connectivity index (χ0n) is 14.4. The van der Waals surface area contributed by atoms with E-state index in [4.69, 9.17) is 8.92 Å². The molecule has 0 aromatic heterocycles. The van der Waals surface area contributed by atoms with Crippen LogP contribution in [0.1, 0.15) is 19.8 Å². The predicted octanol–water partition coefficient (Wildman–Crippen LogP) is 1.07. The SMILES string of the molecule is CCOC(=O)C=CN1CC(COS(=O)(=O)C2=CC=C([N+](=O)[O-])CC2)OC1=O. The van der Waals surface area contributed by atoms with E-state index in [9.17, 15) is 28.1 Å². The van der Waals surface area contributed by atoms with E-state index >= 15 is 0 Å². The molecule has 1 aliphatic heterocycles.